The van der Waals surface area contributed by atoms with Crippen LogP contribution in [-0.2, 0) is 6.54 Å². The molecule has 0 amide bonds. The third kappa shape index (κ3) is 3.21. The van der Waals surface area contributed by atoms with Crippen molar-refractivity contribution in [3.63, 3.8) is 0 Å². The van der Waals surface area contributed by atoms with E-state index in [0.717, 1.165) is 25.7 Å². The highest BCUT2D eigenvalue weighted by Crippen LogP contribution is 2.31. The first-order chi connectivity index (χ1) is 9.04. The number of ether oxygens (including phenoxy) is 1. The second kappa shape index (κ2) is 5.54. The highest BCUT2D eigenvalue weighted by atomic mass is 16.6. The first-order valence-corrected chi connectivity index (χ1v) is 6.37. The topological polar surface area (TPSA) is 98.6 Å². The van der Waals surface area contributed by atoms with E-state index in [9.17, 15) is 15.2 Å². The van der Waals surface area contributed by atoms with Crippen LogP contribution in [0.1, 0.15) is 31.2 Å². The quantitative estimate of drug-likeness (QED) is 0.624. The minimum atomic E-state index is -0.770. The molecule has 0 unspecified atom stereocenters. The Balaban J connectivity index is 2.09. The van der Waals surface area contributed by atoms with Gasteiger partial charge in [0.25, 0.3) is 5.69 Å². The fourth-order valence-electron chi connectivity index (χ4n) is 2.37. The van der Waals surface area contributed by atoms with Gasteiger partial charge in [-0.05, 0) is 18.9 Å². The molecule has 1 aromatic rings. The van der Waals surface area contributed by atoms with Crippen molar-refractivity contribution in [1.82, 2.24) is 0 Å². The van der Waals surface area contributed by atoms with E-state index < -0.39 is 10.5 Å². The van der Waals surface area contributed by atoms with Crippen molar-refractivity contribution in [3.05, 3.63) is 33.9 Å². The van der Waals surface area contributed by atoms with Crippen molar-refractivity contribution >= 4 is 5.69 Å². The lowest BCUT2D eigenvalue weighted by Crippen LogP contribution is -2.32. The minimum Gasteiger partial charge on any atom is -0.490 e. The van der Waals surface area contributed by atoms with Gasteiger partial charge in [-0.1, -0.05) is 12.8 Å². The second-order valence-corrected chi connectivity index (χ2v) is 4.97. The van der Waals surface area contributed by atoms with Gasteiger partial charge in [-0.3, -0.25) is 10.1 Å². The SMILES string of the molecule is NCc1cc([N+](=O)[O-])ccc1OCC1(O)CCCC1. The molecule has 6 heteroatoms. The molecule has 1 fully saturated rings. The molecule has 0 radical (unpaired) electrons. The molecule has 1 saturated carbocycles. The van der Waals surface area contributed by atoms with Gasteiger partial charge in [0.2, 0.25) is 0 Å². The van der Waals surface area contributed by atoms with E-state index in [2.05, 4.69) is 0 Å². The zero-order valence-corrected chi connectivity index (χ0v) is 10.7. The average Bonchev–Trinajstić information content (AvgIpc) is 2.83. The Morgan fingerprint density at radius 2 is 2.11 bits per heavy atom. The van der Waals surface area contributed by atoms with Crippen molar-refractivity contribution in [2.24, 2.45) is 5.73 Å². The molecular formula is C13H18N2O4. The van der Waals surface area contributed by atoms with E-state index in [0.29, 0.717) is 11.3 Å². The van der Waals surface area contributed by atoms with Crippen LogP contribution in [0.15, 0.2) is 18.2 Å². The normalized spacial score (nSPS) is 17.4. The number of rotatable bonds is 5. The lowest BCUT2D eigenvalue weighted by molar-refractivity contribution is -0.384. The number of nitrogens with zero attached hydrogens (tertiary/aromatic N) is 1. The maximum Gasteiger partial charge on any atom is 0.270 e. The van der Waals surface area contributed by atoms with Crippen LogP contribution in [-0.4, -0.2) is 22.2 Å². The Morgan fingerprint density at radius 1 is 1.42 bits per heavy atom. The summed E-state index contributed by atoms with van der Waals surface area (Å²) in [7, 11) is 0. The number of nitrogens with two attached hydrogens (primary N) is 1. The van der Waals surface area contributed by atoms with Crippen molar-refractivity contribution < 1.29 is 14.8 Å². The van der Waals surface area contributed by atoms with Crippen LogP contribution in [0.4, 0.5) is 5.69 Å². The molecule has 19 heavy (non-hydrogen) atoms. The molecule has 0 aromatic heterocycles. The summed E-state index contributed by atoms with van der Waals surface area (Å²) in [6, 6.07) is 4.33. The highest BCUT2D eigenvalue weighted by Gasteiger charge is 2.32. The van der Waals surface area contributed by atoms with Gasteiger partial charge in [0, 0.05) is 24.2 Å². The average molecular weight is 266 g/mol. The van der Waals surface area contributed by atoms with Crippen molar-refractivity contribution in [3.8, 4) is 5.75 Å². The zero-order chi connectivity index (χ0) is 13.9. The molecule has 0 atom stereocenters. The largest absolute Gasteiger partial charge is 0.490 e. The molecule has 1 aliphatic rings. The fourth-order valence-corrected chi connectivity index (χ4v) is 2.37. The van der Waals surface area contributed by atoms with Crippen LogP contribution >= 0.6 is 0 Å². The Labute approximate surface area is 111 Å². The van der Waals surface area contributed by atoms with Crippen LogP contribution in [0.5, 0.6) is 5.75 Å². The molecule has 0 saturated heterocycles. The van der Waals surface area contributed by atoms with Crippen LogP contribution in [0.25, 0.3) is 0 Å². The number of non-ortho nitro benzene ring substituents is 1. The number of nitro groups is 1. The van der Waals surface area contributed by atoms with E-state index >= 15 is 0 Å². The summed E-state index contributed by atoms with van der Waals surface area (Å²) in [5, 5.41) is 20.9. The Morgan fingerprint density at radius 3 is 2.68 bits per heavy atom. The Bertz CT molecular complexity index is 470. The maximum absolute atomic E-state index is 10.7. The number of hydrogen-bond donors (Lipinski definition) is 2. The molecule has 104 valence electrons. The number of benzene rings is 1. The van der Waals surface area contributed by atoms with Gasteiger partial charge in [-0.15, -0.1) is 0 Å². The third-order valence-electron chi connectivity index (χ3n) is 3.51. The van der Waals surface area contributed by atoms with Gasteiger partial charge in [0.15, 0.2) is 0 Å². The smallest absolute Gasteiger partial charge is 0.270 e. The second-order valence-electron chi connectivity index (χ2n) is 4.97. The minimum absolute atomic E-state index is 0.00706. The van der Waals surface area contributed by atoms with Gasteiger partial charge in [-0.2, -0.15) is 0 Å². The van der Waals surface area contributed by atoms with Crippen LogP contribution in [0, 0.1) is 10.1 Å². The summed E-state index contributed by atoms with van der Waals surface area (Å²) in [6.07, 6.45) is 3.48. The van der Waals surface area contributed by atoms with E-state index in [1.165, 1.54) is 12.1 Å². The molecule has 3 N–H and O–H groups in total. The zero-order valence-electron chi connectivity index (χ0n) is 10.7. The first kappa shape index (κ1) is 13.8. The van der Waals surface area contributed by atoms with Gasteiger partial charge in [0.1, 0.15) is 12.4 Å². The molecule has 0 heterocycles. The standard InChI is InChI=1S/C13H18N2O4/c14-8-10-7-11(15(17)18)3-4-12(10)19-9-13(16)5-1-2-6-13/h3-4,7,16H,1-2,5-6,8-9,14H2. The molecule has 6 nitrogen and oxygen atoms in total. The van der Waals surface area contributed by atoms with Gasteiger partial charge < -0.3 is 15.6 Å². The number of hydrogen-bond acceptors (Lipinski definition) is 5. The summed E-state index contributed by atoms with van der Waals surface area (Å²) < 4.78 is 5.60. The third-order valence-corrected chi connectivity index (χ3v) is 3.51. The summed E-state index contributed by atoms with van der Waals surface area (Å²) in [5.74, 6) is 0.508. The van der Waals surface area contributed by atoms with Gasteiger partial charge in [0.05, 0.1) is 10.5 Å². The van der Waals surface area contributed by atoms with E-state index in [1.807, 2.05) is 0 Å². The molecule has 1 aromatic carbocycles. The molecule has 0 spiro atoms. The lowest BCUT2D eigenvalue weighted by atomic mass is 10.0. The molecule has 2 rings (SSSR count). The predicted octanol–water partition coefficient (Wildman–Crippen LogP) is 1.74. The molecular weight excluding hydrogens is 248 g/mol. The first-order valence-electron chi connectivity index (χ1n) is 6.37. The Kier molecular flexibility index (Phi) is 4.01. The predicted molar refractivity (Wildman–Crippen MR) is 69.9 cm³/mol. The van der Waals surface area contributed by atoms with Crippen LogP contribution in [0.3, 0.4) is 0 Å². The van der Waals surface area contributed by atoms with Gasteiger partial charge in [-0.25, -0.2) is 0 Å². The van der Waals surface area contributed by atoms with Crippen molar-refractivity contribution in [2.45, 2.75) is 37.8 Å². The summed E-state index contributed by atoms with van der Waals surface area (Å²) in [6.45, 7) is 0.368. The monoisotopic (exact) mass is 266 g/mol. The van der Waals surface area contributed by atoms with Crippen LogP contribution < -0.4 is 10.5 Å². The van der Waals surface area contributed by atoms with E-state index in [-0.39, 0.29) is 18.8 Å². The summed E-state index contributed by atoms with van der Waals surface area (Å²) >= 11 is 0. The number of nitro benzene ring substituents is 1. The summed E-state index contributed by atoms with van der Waals surface area (Å²) in [4.78, 5) is 10.2. The summed E-state index contributed by atoms with van der Waals surface area (Å²) in [5.41, 5.74) is 5.37. The fraction of sp³-hybridized carbons (Fsp3) is 0.538. The molecule has 0 bridgehead atoms. The van der Waals surface area contributed by atoms with Crippen LogP contribution in [0.2, 0.25) is 0 Å². The van der Waals surface area contributed by atoms with E-state index in [1.54, 1.807) is 6.07 Å². The van der Waals surface area contributed by atoms with Gasteiger partial charge >= 0.3 is 0 Å². The lowest BCUT2D eigenvalue weighted by Gasteiger charge is -2.23. The maximum atomic E-state index is 10.7. The highest BCUT2D eigenvalue weighted by molar-refractivity contribution is 5.43. The number of aliphatic hydroxyl groups is 1. The molecule has 0 aliphatic heterocycles. The Hall–Kier alpha value is -1.66. The van der Waals surface area contributed by atoms with Crippen molar-refractivity contribution in [2.75, 3.05) is 6.61 Å². The molecule has 1 aliphatic carbocycles. The van der Waals surface area contributed by atoms with Crippen molar-refractivity contribution in [1.29, 1.82) is 0 Å². The van der Waals surface area contributed by atoms with E-state index in [4.69, 9.17) is 10.5 Å².